The Morgan fingerprint density at radius 3 is 1.96 bits per heavy atom. The largest absolute Gasteiger partial charge is 0.507 e. The summed E-state index contributed by atoms with van der Waals surface area (Å²) < 4.78 is 2.20. The molecule has 7 aromatic rings. The maximum Gasteiger partial charge on any atom is 0.149 e. The van der Waals surface area contributed by atoms with Crippen LogP contribution in [-0.4, -0.2) is 19.6 Å². The van der Waals surface area contributed by atoms with Crippen LogP contribution in [0.15, 0.2) is 134 Å². The van der Waals surface area contributed by atoms with Crippen LogP contribution in [0.1, 0.15) is 76.6 Å². The lowest BCUT2D eigenvalue weighted by Crippen LogP contribution is -2.13. The fourth-order valence-corrected chi connectivity index (χ4v) is 6.83. The fraction of sp³-hybridized carbons (Fsp3) is 0.217. The molecule has 250 valence electrons. The molecule has 0 radical (unpaired) electrons. The van der Waals surface area contributed by atoms with Gasteiger partial charge in [-0.05, 0) is 81.6 Å². The average Bonchev–Trinajstić information content (AvgIpc) is 3.51. The first-order valence-electron chi connectivity index (χ1n) is 17.5. The first kappa shape index (κ1) is 33.0. The summed E-state index contributed by atoms with van der Waals surface area (Å²) in [5.74, 6) is 1.09. The molecule has 0 saturated carbocycles. The van der Waals surface area contributed by atoms with Crippen LogP contribution < -0.4 is 0 Å². The molecule has 4 heteroatoms. The molecule has 2 aromatic heterocycles. The molecule has 1 atom stereocenters. The van der Waals surface area contributed by atoms with E-state index in [9.17, 15) is 5.11 Å². The Labute approximate surface area is 296 Å². The number of benzene rings is 5. The van der Waals surface area contributed by atoms with Crippen molar-refractivity contribution in [1.82, 2.24) is 14.5 Å². The molecule has 5 aromatic carbocycles. The van der Waals surface area contributed by atoms with Gasteiger partial charge < -0.3 is 5.11 Å². The highest BCUT2D eigenvalue weighted by Crippen LogP contribution is 2.44. The zero-order chi connectivity index (χ0) is 35.2. The molecule has 1 N–H and O–H groups in total. The minimum Gasteiger partial charge on any atom is -0.507 e. The molecule has 50 heavy (non-hydrogen) atoms. The van der Waals surface area contributed by atoms with Gasteiger partial charge in [0, 0.05) is 34.5 Å². The third kappa shape index (κ3) is 6.22. The van der Waals surface area contributed by atoms with Gasteiger partial charge in [0.2, 0.25) is 0 Å². The second kappa shape index (κ2) is 12.8. The molecule has 4 nitrogen and oxygen atoms in total. The van der Waals surface area contributed by atoms with Gasteiger partial charge in [-0.15, -0.1) is 0 Å². The maximum absolute atomic E-state index is 12.2. The van der Waals surface area contributed by atoms with Gasteiger partial charge in [0.25, 0.3) is 0 Å². The van der Waals surface area contributed by atoms with Gasteiger partial charge in [-0.2, -0.15) is 0 Å². The molecule has 0 aliphatic rings. The third-order valence-electron chi connectivity index (χ3n) is 9.75. The first-order chi connectivity index (χ1) is 23.9. The van der Waals surface area contributed by atoms with Crippen LogP contribution in [0.5, 0.6) is 5.75 Å². The van der Waals surface area contributed by atoms with Crippen LogP contribution in [0.4, 0.5) is 0 Å². The van der Waals surface area contributed by atoms with Crippen molar-refractivity contribution >= 4 is 11.0 Å². The number of nitrogens with zero attached hydrogens (tertiary/aromatic N) is 3. The van der Waals surface area contributed by atoms with Gasteiger partial charge in [0.05, 0.1) is 22.3 Å². The number of hydrogen-bond donors (Lipinski definition) is 1. The number of phenols is 1. The summed E-state index contributed by atoms with van der Waals surface area (Å²) in [5.41, 5.74) is 11.8. The number of aromatic hydroxyl groups is 1. The highest BCUT2D eigenvalue weighted by Gasteiger charge is 2.28. The minimum absolute atomic E-state index is 0.0764. The summed E-state index contributed by atoms with van der Waals surface area (Å²) in [6.45, 7) is 15.4. The highest BCUT2D eigenvalue weighted by atomic mass is 16.3. The first-order valence-corrected chi connectivity index (χ1v) is 17.5. The van der Waals surface area contributed by atoms with E-state index >= 15 is 0 Å². The maximum atomic E-state index is 12.2. The molecule has 0 bridgehead atoms. The standard InChI is InChI=1S/C46H45N3O/c1-30(31-17-10-8-11-18-31)32-28-38(43(50)39(29-32)46(5,6)7)44-48-42-37(21-16-23-41(42)49(44)36-19-12-9-13-20-36)33-25-34(40-22-14-15-24-47-40)27-35(26-33)45(2,3)4/h8-30,50H,1-7H3. The number of hydrogen-bond acceptors (Lipinski definition) is 3. The summed E-state index contributed by atoms with van der Waals surface area (Å²) in [6.07, 6.45) is 1.85. The van der Waals surface area contributed by atoms with Gasteiger partial charge in [-0.3, -0.25) is 9.55 Å². The summed E-state index contributed by atoms with van der Waals surface area (Å²) in [4.78, 5) is 10.2. The molecular formula is C46H45N3O. The van der Waals surface area contributed by atoms with Crippen molar-refractivity contribution in [1.29, 1.82) is 0 Å². The molecular weight excluding hydrogens is 611 g/mol. The van der Waals surface area contributed by atoms with Crippen LogP contribution in [0.25, 0.3) is 50.5 Å². The lowest BCUT2D eigenvalue weighted by atomic mass is 9.81. The lowest BCUT2D eigenvalue weighted by Gasteiger charge is -2.25. The monoisotopic (exact) mass is 655 g/mol. The van der Waals surface area contributed by atoms with Crippen molar-refractivity contribution in [3.8, 4) is 45.2 Å². The Morgan fingerprint density at radius 2 is 1.30 bits per heavy atom. The van der Waals surface area contributed by atoms with E-state index in [-0.39, 0.29) is 22.5 Å². The van der Waals surface area contributed by atoms with E-state index in [1.54, 1.807) is 0 Å². The lowest BCUT2D eigenvalue weighted by molar-refractivity contribution is 0.447. The highest BCUT2D eigenvalue weighted by molar-refractivity contribution is 5.97. The molecule has 0 saturated heterocycles. The Kier molecular flexibility index (Phi) is 8.43. The summed E-state index contributed by atoms with van der Waals surface area (Å²) >= 11 is 0. The zero-order valence-electron chi connectivity index (χ0n) is 30.1. The topological polar surface area (TPSA) is 50.9 Å². The third-order valence-corrected chi connectivity index (χ3v) is 9.75. The van der Waals surface area contributed by atoms with Gasteiger partial charge in [0.15, 0.2) is 0 Å². The van der Waals surface area contributed by atoms with Crippen LogP contribution >= 0.6 is 0 Å². The summed E-state index contributed by atoms with van der Waals surface area (Å²) in [5, 5.41) is 12.2. The number of rotatable bonds is 6. The predicted octanol–water partition coefficient (Wildman–Crippen LogP) is 11.9. The number of phenolic OH excluding ortho intramolecular Hbond substituents is 1. The van der Waals surface area contributed by atoms with E-state index in [2.05, 4.69) is 162 Å². The van der Waals surface area contributed by atoms with Crippen LogP contribution in [0.2, 0.25) is 0 Å². The molecule has 7 rings (SSSR count). The van der Waals surface area contributed by atoms with Gasteiger partial charge in [-0.25, -0.2) is 4.98 Å². The molecule has 1 unspecified atom stereocenters. The van der Waals surface area contributed by atoms with Gasteiger partial charge in [-0.1, -0.05) is 127 Å². The van der Waals surface area contributed by atoms with Crippen molar-refractivity contribution in [2.75, 3.05) is 0 Å². The molecule has 0 amide bonds. The van der Waals surface area contributed by atoms with Gasteiger partial charge in [0.1, 0.15) is 11.6 Å². The van der Waals surface area contributed by atoms with E-state index in [0.29, 0.717) is 5.82 Å². The van der Waals surface area contributed by atoms with Crippen LogP contribution in [-0.2, 0) is 10.8 Å². The Bertz CT molecular complexity index is 2290. The quantitative estimate of drug-likeness (QED) is 0.194. The van der Waals surface area contributed by atoms with Crippen molar-refractivity contribution < 1.29 is 5.11 Å². The summed E-state index contributed by atoms with van der Waals surface area (Å²) in [7, 11) is 0. The summed E-state index contributed by atoms with van der Waals surface area (Å²) in [6, 6.07) is 44.4. The van der Waals surface area contributed by atoms with E-state index in [0.717, 1.165) is 55.8 Å². The van der Waals surface area contributed by atoms with Crippen molar-refractivity contribution in [2.24, 2.45) is 0 Å². The van der Waals surface area contributed by atoms with E-state index < -0.39 is 0 Å². The second-order valence-corrected chi connectivity index (χ2v) is 15.4. The Hall–Kier alpha value is -5.48. The van der Waals surface area contributed by atoms with Crippen LogP contribution in [0, 0.1) is 0 Å². The van der Waals surface area contributed by atoms with Crippen LogP contribution in [0.3, 0.4) is 0 Å². The number of pyridine rings is 1. The molecule has 0 aliphatic heterocycles. The number of fused-ring (bicyclic) bond motifs is 1. The molecule has 2 heterocycles. The van der Waals surface area contributed by atoms with Crippen molar-refractivity contribution in [3.63, 3.8) is 0 Å². The van der Waals surface area contributed by atoms with E-state index in [1.165, 1.54) is 11.1 Å². The number of aromatic nitrogens is 3. The minimum atomic E-state index is -0.296. The molecule has 0 spiro atoms. The number of imidazole rings is 1. The molecule has 0 aliphatic carbocycles. The van der Waals surface area contributed by atoms with Crippen molar-refractivity contribution in [2.45, 2.75) is 65.2 Å². The van der Waals surface area contributed by atoms with E-state index in [1.807, 2.05) is 24.4 Å². The second-order valence-electron chi connectivity index (χ2n) is 15.4. The fourth-order valence-electron chi connectivity index (χ4n) is 6.83. The predicted molar refractivity (Wildman–Crippen MR) is 208 cm³/mol. The average molecular weight is 656 g/mol. The Balaban J connectivity index is 1.53. The van der Waals surface area contributed by atoms with Gasteiger partial charge >= 0.3 is 0 Å². The number of para-hydroxylation sites is 2. The van der Waals surface area contributed by atoms with E-state index in [4.69, 9.17) is 9.97 Å². The Morgan fingerprint density at radius 1 is 0.620 bits per heavy atom. The normalized spacial score (nSPS) is 12.7. The molecule has 0 fully saturated rings. The van der Waals surface area contributed by atoms with Crippen molar-refractivity contribution in [3.05, 3.63) is 156 Å². The SMILES string of the molecule is CC(c1ccccc1)c1cc(-c2nc3c(-c4cc(-c5ccccn5)cc(C(C)(C)C)c4)cccc3n2-c2ccccc2)c(O)c(C(C)(C)C)c1. The smallest absolute Gasteiger partial charge is 0.149 e. The zero-order valence-corrected chi connectivity index (χ0v) is 30.1.